The summed E-state index contributed by atoms with van der Waals surface area (Å²) in [5, 5.41) is 0. The standard InChI is InChI=1S/C19H24N2O4/c1-14(22)15-6-7-17-16(12-15)21(19(24)13-25-17)11-8-18(23)20-9-4-2-3-5-10-20/h6-7,12H,2-5,8-11,13H2,1H3. The van der Waals surface area contributed by atoms with Crippen molar-refractivity contribution in [1.82, 2.24) is 4.90 Å². The van der Waals surface area contributed by atoms with Crippen LogP contribution in [-0.2, 0) is 9.59 Å². The van der Waals surface area contributed by atoms with E-state index in [4.69, 9.17) is 4.74 Å². The summed E-state index contributed by atoms with van der Waals surface area (Å²) in [6, 6.07) is 5.07. The summed E-state index contributed by atoms with van der Waals surface area (Å²) in [6.07, 6.45) is 4.73. The van der Waals surface area contributed by atoms with E-state index in [1.54, 1.807) is 23.1 Å². The number of ether oxygens (including phenoxy) is 1. The average molecular weight is 344 g/mol. The lowest BCUT2D eigenvalue weighted by Gasteiger charge is -2.30. The largest absolute Gasteiger partial charge is 0.482 e. The van der Waals surface area contributed by atoms with Crippen molar-refractivity contribution in [2.75, 3.05) is 31.1 Å². The number of ketones is 1. The van der Waals surface area contributed by atoms with Crippen molar-refractivity contribution in [2.45, 2.75) is 39.0 Å². The molecule has 1 saturated heterocycles. The van der Waals surface area contributed by atoms with Crippen LogP contribution in [-0.4, -0.2) is 48.7 Å². The zero-order valence-corrected chi connectivity index (χ0v) is 14.6. The number of hydrogen-bond donors (Lipinski definition) is 0. The third-order valence-corrected chi connectivity index (χ3v) is 4.82. The van der Waals surface area contributed by atoms with Crippen LogP contribution in [0.15, 0.2) is 18.2 Å². The minimum Gasteiger partial charge on any atom is -0.482 e. The molecular weight excluding hydrogens is 320 g/mol. The van der Waals surface area contributed by atoms with Gasteiger partial charge >= 0.3 is 0 Å². The molecule has 0 N–H and O–H groups in total. The van der Waals surface area contributed by atoms with E-state index < -0.39 is 0 Å². The molecule has 2 amide bonds. The minimum atomic E-state index is -0.183. The molecule has 0 bridgehead atoms. The topological polar surface area (TPSA) is 66.9 Å². The van der Waals surface area contributed by atoms with E-state index in [-0.39, 0.29) is 30.6 Å². The van der Waals surface area contributed by atoms with Gasteiger partial charge in [-0.2, -0.15) is 0 Å². The molecule has 0 spiro atoms. The number of carbonyl (C=O) groups excluding carboxylic acids is 3. The number of anilines is 1. The van der Waals surface area contributed by atoms with E-state index in [0.717, 1.165) is 25.9 Å². The zero-order valence-electron chi connectivity index (χ0n) is 14.6. The third kappa shape index (κ3) is 4.00. The molecule has 1 aromatic carbocycles. The Balaban J connectivity index is 1.71. The van der Waals surface area contributed by atoms with Crippen LogP contribution in [0.2, 0.25) is 0 Å². The van der Waals surface area contributed by atoms with Gasteiger partial charge in [0.1, 0.15) is 5.75 Å². The van der Waals surface area contributed by atoms with Gasteiger partial charge in [0.05, 0.1) is 5.69 Å². The van der Waals surface area contributed by atoms with Gasteiger partial charge in [-0.15, -0.1) is 0 Å². The molecule has 0 unspecified atom stereocenters. The van der Waals surface area contributed by atoms with E-state index in [1.165, 1.54) is 19.8 Å². The molecule has 25 heavy (non-hydrogen) atoms. The molecule has 0 saturated carbocycles. The summed E-state index contributed by atoms with van der Waals surface area (Å²) in [6.45, 7) is 3.37. The molecule has 0 atom stereocenters. The van der Waals surface area contributed by atoms with Gasteiger partial charge in [0.15, 0.2) is 12.4 Å². The number of carbonyl (C=O) groups is 3. The molecule has 6 nitrogen and oxygen atoms in total. The number of hydrogen-bond acceptors (Lipinski definition) is 4. The minimum absolute atomic E-state index is 0.0374. The second-order valence-electron chi connectivity index (χ2n) is 6.62. The Bertz CT molecular complexity index is 678. The third-order valence-electron chi connectivity index (χ3n) is 4.82. The Morgan fingerprint density at radius 1 is 1.12 bits per heavy atom. The van der Waals surface area contributed by atoms with Crippen molar-refractivity contribution >= 4 is 23.3 Å². The Morgan fingerprint density at radius 2 is 1.84 bits per heavy atom. The zero-order chi connectivity index (χ0) is 17.8. The van der Waals surface area contributed by atoms with Gasteiger partial charge in [0, 0.05) is 31.6 Å². The van der Waals surface area contributed by atoms with Crippen LogP contribution in [0, 0.1) is 0 Å². The predicted molar refractivity (Wildman–Crippen MR) is 94.0 cm³/mol. The first kappa shape index (κ1) is 17.5. The highest BCUT2D eigenvalue weighted by atomic mass is 16.5. The maximum absolute atomic E-state index is 12.5. The SMILES string of the molecule is CC(=O)c1ccc2c(c1)N(CCC(=O)N1CCCCCC1)C(=O)CO2. The number of Topliss-reactive ketones (excluding diaryl/α,β-unsaturated/α-hetero) is 1. The summed E-state index contributed by atoms with van der Waals surface area (Å²) >= 11 is 0. The number of benzene rings is 1. The first-order valence-corrected chi connectivity index (χ1v) is 8.92. The summed E-state index contributed by atoms with van der Waals surface area (Å²) in [5.41, 5.74) is 1.11. The molecule has 0 aromatic heterocycles. The monoisotopic (exact) mass is 344 g/mol. The van der Waals surface area contributed by atoms with Gasteiger partial charge in [-0.05, 0) is 38.0 Å². The van der Waals surface area contributed by atoms with Crippen molar-refractivity contribution in [3.63, 3.8) is 0 Å². The van der Waals surface area contributed by atoms with E-state index in [2.05, 4.69) is 0 Å². The first-order valence-electron chi connectivity index (χ1n) is 8.92. The van der Waals surface area contributed by atoms with E-state index >= 15 is 0 Å². The molecule has 2 aliphatic rings. The quantitative estimate of drug-likeness (QED) is 0.787. The lowest BCUT2D eigenvalue weighted by atomic mass is 10.1. The lowest BCUT2D eigenvalue weighted by molar-refractivity contribution is -0.131. The highest BCUT2D eigenvalue weighted by molar-refractivity contribution is 6.01. The van der Waals surface area contributed by atoms with Crippen LogP contribution in [0.1, 0.15) is 49.4 Å². The maximum atomic E-state index is 12.5. The van der Waals surface area contributed by atoms with Crippen LogP contribution in [0.3, 0.4) is 0 Å². The molecule has 1 aromatic rings. The molecule has 2 aliphatic heterocycles. The van der Waals surface area contributed by atoms with Gasteiger partial charge in [-0.3, -0.25) is 14.4 Å². The summed E-state index contributed by atoms with van der Waals surface area (Å²) in [5.74, 6) is 0.413. The number of amides is 2. The molecule has 0 aliphatic carbocycles. The fourth-order valence-corrected chi connectivity index (χ4v) is 3.35. The molecule has 0 radical (unpaired) electrons. The Kier molecular flexibility index (Phi) is 5.36. The molecule has 134 valence electrons. The Hall–Kier alpha value is -2.37. The van der Waals surface area contributed by atoms with Crippen LogP contribution in [0.25, 0.3) is 0 Å². The lowest BCUT2D eigenvalue weighted by Crippen LogP contribution is -2.42. The fraction of sp³-hybridized carbons (Fsp3) is 0.526. The van der Waals surface area contributed by atoms with Crippen LogP contribution < -0.4 is 9.64 Å². The summed E-state index contributed by atoms with van der Waals surface area (Å²) in [4.78, 5) is 39.9. The molecule has 1 fully saturated rings. The Morgan fingerprint density at radius 3 is 2.52 bits per heavy atom. The number of likely N-dealkylation sites (tertiary alicyclic amines) is 1. The van der Waals surface area contributed by atoms with Gasteiger partial charge in [-0.25, -0.2) is 0 Å². The van der Waals surface area contributed by atoms with E-state index in [0.29, 0.717) is 23.5 Å². The molecule has 6 heteroatoms. The number of nitrogens with zero attached hydrogens (tertiary/aromatic N) is 2. The van der Waals surface area contributed by atoms with Gasteiger partial charge in [0.2, 0.25) is 5.91 Å². The smallest absolute Gasteiger partial charge is 0.265 e. The van der Waals surface area contributed by atoms with Gasteiger partial charge < -0.3 is 14.5 Å². The second kappa shape index (κ2) is 7.68. The van der Waals surface area contributed by atoms with Crippen LogP contribution >= 0.6 is 0 Å². The highest BCUT2D eigenvalue weighted by Crippen LogP contribution is 2.33. The van der Waals surface area contributed by atoms with Crippen LogP contribution in [0.4, 0.5) is 5.69 Å². The van der Waals surface area contributed by atoms with E-state index in [1.807, 2.05) is 4.90 Å². The molecule has 3 rings (SSSR count). The van der Waals surface area contributed by atoms with E-state index in [9.17, 15) is 14.4 Å². The van der Waals surface area contributed by atoms with Crippen molar-refractivity contribution < 1.29 is 19.1 Å². The van der Waals surface area contributed by atoms with Gasteiger partial charge in [0.25, 0.3) is 5.91 Å². The van der Waals surface area contributed by atoms with Crippen molar-refractivity contribution in [2.24, 2.45) is 0 Å². The fourth-order valence-electron chi connectivity index (χ4n) is 3.35. The molecular formula is C19H24N2O4. The Labute approximate surface area is 147 Å². The predicted octanol–water partition coefficient (Wildman–Crippen LogP) is 2.41. The second-order valence-corrected chi connectivity index (χ2v) is 6.62. The van der Waals surface area contributed by atoms with Crippen molar-refractivity contribution in [3.05, 3.63) is 23.8 Å². The summed E-state index contributed by atoms with van der Waals surface area (Å²) in [7, 11) is 0. The molecule has 2 heterocycles. The van der Waals surface area contributed by atoms with Crippen molar-refractivity contribution in [3.8, 4) is 5.75 Å². The maximum Gasteiger partial charge on any atom is 0.265 e. The average Bonchev–Trinajstić information content (AvgIpc) is 2.89. The number of rotatable bonds is 4. The van der Waals surface area contributed by atoms with Gasteiger partial charge in [-0.1, -0.05) is 12.8 Å². The highest BCUT2D eigenvalue weighted by Gasteiger charge is 2.27. The normalized spacial score (nSPS) is 17.6. The first-order chi connectivity index (χ1) is 12.1. The van der Waals surface area contributed by atoms with Crippen LogP contribution in [0.5, 0.6) is 5.75 Å². The summed E-state index contributed by atoms with van der Waals surface area (Å²) < 4.78 is 5.44. The number of fused-ring (bicyclic) bond motifs is 1. The van der Waals surface area contributed by atoms with Crippen molar-refractivity contribution in [1.29, 1.82) is 0 Å².